The smallest absolute Gasteiger partial charge is 0.271 e. The van der Waals surface area contributed by atoms with Crippen LogP contribution in [0.2, 0.25) is 0 Å². The number of halogens is 1. The Hall–Kier alpha value is -1.84. The summed E-state index contributed by atoms with van der Waals surface area (Å²) in [5, 5.41) is 4.71. The van der Waals surface area contributed by atoms with Crippen LogP contribution in [0.15, 0.2) is 64.3 Å². The number of rotatable bonds is 5. The second kappa shape index (κ2) is 9.11. The molecule has 2 aromatic carbocycles. The van der Waals surface area contributed by atoms with Crippen molar-refractivity contribution in [3.05, 3.63) is 70.5 Å². The van der Waals surface area contributed by atoms with Gasteiger partial charge in [-0.1, -0.05) is 18.2 Å². The Bertz CT molecular complexity index is 1090. The van der Waals surface area contributed by atoms with Gasteiger partial charge in [-0.3, -0.25) is 4.79 Å². The van der Waals surface area contributed by atoms with Crippen molar-refractivity contribution >= 4 is 11.8 Å². The molecule has 0 radical (unpaired) electrons. The molecule has 3 aromatic rings. The van der Waals surface area contributed by atoms with E-state index in [0.29, 0.717) is 0 Å². The lowest BCUT2D eigenvalue weighted by molar-refractivity contribution is -0.872. The summed E-state index contributed by atoms with van der Waals surface area (Å²) < 4.78 is 8.34. The number of aromatic nitrogens is 2. The summed E-state index contributed by atoms with van der Waals surface area (Å²) in [6.07, 6.45) is 0.0967. The van der Waals surface area contributed by atoms with E-state index in [1.807, 2.05) is 36.4 Å². The van der Waals surface area contributed by atoms with Gasteiger partial charge in [0.2, 0.25) is 0 Å². The molecule has 0 bridgehead atoms. The average Bonchev–Trinajstić information content (AvgIpc) is 2.66. The van der Waals surface area contributed by atoms with Crippen LogP contribution in [0.25, 0.3) is 16.9 Å². The number of ether oxygens (including phenoxy) is 1. The van der Waals surface area contributed by atoms with E-state index in [9.17, 15) is 4.79 Å². The Morgan fingerprint density at radius 1 is 1.13 bits per heavy atom. The standard InChI is InChI=1S/C23H26N3O2S.HI/c1-16(14-26(2,3)4)28-19-11-9-18(10-12-19)25-22(27)13-17-15-29-21-8-6-5-7-20(21)23(17)24-25;/h5-13,16H,14-15H2,1-4H3;1H/q+1;/p-1. The fourth-order valence-corrected chi connectivity index (χ4v) is 4.69. The van der Waals surface area contributed by atoms with Gasteiger partial charge in [0.25, 0.3) is 5.56 Å². The van der Waals surface area contributed by atoms with E-state index in [2.05, 4.69) is 40.2 Å². The number of hydrogen-bond donors (Lipinski definition) is 0. The molecule has 5 nitrogen and oxygen atoms in total. The Balaban J connectivity index is 0.00000256. The van der Waals surface area contributed by atoms with Gasteiger partial charge in [-0.15, -0.1) is 11.8 Å². The maximum Gasteiger partial charge on any atom is 0.271 e. The van der Waals surface area contributed by atoms with Crippen LogP contribution < -0.4 is 34.3 Å². The molecule has 30 heavy (non-hydrogen) atoms. The molecule has 0 spiro atoms. The Morgan fingerprint density at radius 2 is 1.83 bits per heavy atom. The quantitative estimate of drug-likeness (QED) is 0.361. The summed E-state index contributed by atoms with van der Waals surface area (Å²) in [7, 11) is 6.44. The normalized spacial score (nSPS) is 13.6. The highest BCUT2D eigenvalue weighted by Gasteiger charge is 2.20. The molecule has 2 heterocycles. The van der Waals surface area contributed by atoms with Crippen molar-refractivity contribution in [2.24, 2.45) is 0 Å². The summed E-state index contributed by atoms with van der Waals surface area (Å²) in [4.78, 5) is 13.9. The summed E-state index contributed by atoms with van der Waals surface area (Å²) in [6, 6.07) is 17.5. The molecular formula is C23H26IN3O2S. The average molecular weight is 535 g/mol. The SMILES string of the molecule is CC(C[N+](C)(C)C)Oc1ccc(-n2nc3c(cc2=O)CSc2ccccc2-3)cc1.[I-]. The zero-order valence-corrected chi connectivity index (χ0v) is 20.6. The zero-order chi connectivity index (χ0) is 20.6. The number of thioether (sulfide) groups is 1. The van der Waals surface area contributed by atoms with Crippen LogP contribution in [0.5, 0.6) is 5.75 Å². The van der Waals surface area contributed by atoms with Crippen molar-refractivity contribution < 1.29 is 33.2 Å². The Kier molecular flexibility index (Phi) is 6.94. The lowest BCUT2D eigenvalue weighted by Crippen LogP contribution is -3.00. The summed E-state index contributed by atoms with van der Waals surface area (Å²) in [5.41, 5.74) is 3.58. The number of fused-ring (bicyclic) bond motifs is 3. The van der Waals surface area contributed by atoms with Crippen molar-refractivity contribution in [2.45, 2.75) is 23.7 Å². The molecule has 0 fully saturated rings. The minimum Gasteiger partial charge on any atom is -1.00 e. The molecule has 0 saturated carbocycles. The maximum atomic E-state index is 12.7. The number of quaternary nitrogens is 1. The molecular weight excluding hydrogens is 509 g/mol. The molecule has 0 amide bonds. The van der Waals surface area contributed by atoms with Gasteiger partial charge in [-0.2, -0.15) is 9.78 Å². The van der Waals surface area contributed by atoms with Crippen LogP contribution in [0.3, 0.4) is 0 Å². The fraction of sp³-hybridized carbons (Fsp3) is 0.304. The largest absolute Gasteiger partial charge is 1.00 e. The van der Waals surface area contributed by atoms with Crippen LogP contribution in [-0.2, 0) is 5.75 Å². The Morgan fingerprint density at radius 3 is 2.53 bits per heavy atom. The van der Waals surface area contributed by atoms with Gasteiger partial charge in [-0.25, -0.2) is 0 Å². The van der Waals surface area contributed by atoms with E-state index in [4.69, 9.17) is 9.84 Å². The molecule has 0 saturated heterocycles. The topological polar surface area (TPSA) is 44.1 Å². The lowest BCUT2D eigenvalue weighted by atomic mass is 10.1. The number of benzene rings is 2. The van der Waals surface area contributed by atoms with Crippen LogP contribution >= 0.6 is 11.8 Å². The third kappa shape index (κ3) is 5.07. The first-order valence-electron chi connectivity index (χ1n) is 9.73. The van der Waals surface area contributed by atoms with Crippen LogP contribution in [0.1, 0.15) is 12.5 Å². The third-order valence-electron chi connectivity index (χ3n) is 4.76. The van der Waals surface area contributed by atoms with E-state index in [-0.39, 0.29) is 35.6 Å². The van der Waals surface area contributed by atoms with Gasteiger partial charge < -0.3 is 33.2 Å². The molecule has 1 unspecified atom stereocenters. The first-order valence-corrected chi connectivity index (χ1v) is 10.7. The molecule has 1 aliphatic heterocycles. The van der Waals surface area contributed by atoms with Gasteiger partial charge in [0.05, 0.1) is 32.5 Å². The summed E-state index contributed by atoms with van der Waals surface area (Å²) in [6.45, 7) is 2.98. The van der Waals surface area contributed by atoms with Gasteiger partial charge in [0, 0.05) is 22.3 Å². The molecule has 1 aliphatic rings. The summed E-state index contributed by atoms with van der Waals surface area (Å²) >= 11 is 1.75. The van der Waals surface area contributed by atoms with Gasteiger partial charge in [-0.05, 0) is 42.8 Å². The monoisotopic (exact) mass is 535 g/mol. The highest BCUT2D eigenvalue weighted by atomic mass is 127. The van der Waals surface area contributed by atoms with Gasteiger partial charge >= 0.3 is 0 Å². The number of likely N-dealkylation sites (N-methyl/N-ethyl adjacent to an activating group) is 1. The second-order valence-corrected chi connectivity index (χ2v) is 9.47. The predicted molar refractivity (Wildman–Crippen MR) is 118 cm³/mol. The predicted octanol–water partition coefficient (Wildman–Crippen LogP) is 0.983. The first kappa shape index (κ1) is 22.8. The molecule has 0 aliphatic carbocycles. The highest BCUT2D eigenvalue weighted by molar-refractivity contribution is 7.98. The van der Waals surface area contributed by atoms with Crippen molar-refractivity contribution in [3.63, 3.8) is 0 Å². The van der Waals surface area contributed by atoms with Crippen molar-refractivity contribution in [1.82, 2.24) is 9.78 Å². The molecule has 1 aromatic heterocycles. The van der Waals surface area contributed by atoms with Crippen LogP contribution in [0, 0.1) is 0 Å². The van der Waals surface area contributed by atoms with Crippen molar-refractivity contribution in [2.75, 3.05) is 27.7 Å². The van der Waals surface area contributed by atoms with E-state index >= 15 is 0 Å². The summed E-state index contributed by atoms with van der Waals surface area (Å²) in [5.74, 6) is 1.56. The van der Waals surface area contributed by atoms with Crippen LogP contribution in [0.4, 0.5) is 0 Å². The van der Waals surface area contributed by atoms with Gasteiger partial charge in [0.15, 0.2) is 0 Å². The number of hydrogen-bond acceptors (Lipinski definition) is 4. The lowest BCUT2D eigenvalue weighted by Gasteiger charge is -2.27. The van der Waals surface area contributed by atoms with E-state index < -0.39 is 0 Å². The van der Waals surface area contributed by atoms with Crippen molar-refractivity contribution in [1.29, 1.82) is 0 Å². The minimum atomic E-state index is -0.115. The van der Waals surface area contributed by atoms with E-state index in [0.717, 1.165) is 45.0 Å². The molecule has 7 heteroatoms. The van der Waals surface area contributed by atoms with Crippen molar-refractivity contribution in [3.8, 4) is 22.7 Å². The maximum absolute atomic E-state index is 12.7. The zero-order valence-electron chi connectivity index (χ0n) is 17.6. The first-order chi connectivity index (χ1) is 13.8. The third-order valence-corrected chi connectivity index (χ3v) is 5.88. The van der Waals surface area contributed by atoms with Crippen LogP contribution in [-0.4, -0.2) is 48.1 Å². The van der Waals surface area contributed by atoms with Gasteiger partial charge in [0.1, 0.15) is 18.4 Å². The molecule has 4 rings (SSSR count). The molecule has 1 atom stereocenters. The molecule has 158 valence electrons. The number of nitrogens with zero attached hydrogens (tertiary/aromatic N) is 3. The van der Waals surface area contributed by atoms with E-state index in [1.165, 1.54) is 9.58 Å². The second-order valence-electron chi connectivity index (χ2n) is 8.45. The Labute approximate surface area is 198 Å². The minimum absolute atomic E-state index is 0. The highest BCUT2D eigenvalue weighted by Crippen LogP contribution is 2.39. The van der Waals surface area contributed by atoms with E-state index in [1.54, 1.807) is 17.8 Å². The molecule has 0 N–H and O–H groups in total. The fourth-order valence-electron chi connectivity index (χ4n) is 3.66.